The van der Waals surface area contributed by atoms with Crippen LogP contribution in [0.5, 0.6) is 17.2 Å². The normalized spacial score (nSPS) is 20.8. The Hall–Kier alpha value is -3.87. The molecule has 2 aliphatic rings. The van der Waals surface area contributed by atoms with Crippen LogP contribution in [0.1, 0.15) is 47.8 Å². The van der Waals surface area contributed by atoms with Crippen LogP contribution in [0.15, 0.2) is 53.4 Å². The lowest BCUT2D eigenvalue weighted by Gasteiger charge is -2.29. The first kappa shape index (κ1) is 21.4. The molecule has 7 heteroatoms. The van der Waals surface area contributed by atoms with Gasteiger partial charge in [0.15, 0.2) is 17.3 Å². The lowest BCUT2D eigenvalue weighted by Crippen LogP contribution is -2.41. The Balaban J connectivity index is 1.85. The number of phenols is 2. The Kier molecular flexibility index (Phi) is 4.92. The van der Waals surface area contributed by atoms with Gasteiger partial charge in [-0.3, -0.25) is 14.4 Å². The topological polar surface area (TPSA) is 113 Å². The third-order valence-corrected chi connectivity index (χ3v) is 6.16. The van der Waals surface area contributed by atoms with Crippen molar-refractivity contribution in [3.8, 4) is 17.2 Å². The molecule has 2 aromatic rings. The number of hydrogen-bond acceptors (Lipinski definition) is 7. The first-order valence-electron chi connectivity index (χ1n) is 10.2. The van der Waals surface area contributed by atoms with E-state index < -0.39 is 28.5 Å². The fraction of sp³-hybridized carbons (Fsp3) is 0.240. The molecule has 0 fully saturated rings. The van der Waals surface area contributed by atoms with Crippen molar-refractivity contribution in [2.75, 3.05) is 0 Å². The van der Waals surface area contributed by atoms with E-state index >= 15 is 0 Å². The molecule has 1 unspecified atom stereocenters. The summed E-state index contributed by atoms with van der Waals surface area (Å²) in [7, 11) is 0. The molecule has 0 amide bonds. The van der Waals surface area contributed by atoms with Crippen LogP contribution in [0.2, 0.25) is 0 Å². The third kappa shape index (κ3) is 2.92. The van der Waals surface area contributed by atoms with Crippen LogP contribution in [-0.4, -0.2) is 27.6 Å². The number of ketones is 3. The van der Waals surface area contributed by atoms with Gasteiger partial charge in [-0.25, -0.2) is 0 Å². The maximum Gasteiger partial charge on any atom is 0.194 e. The van der Waals surface area contributed by atoms with Crippen molar-refractivity contribution in [3.05, 3.63) is 75.7 Å². The van der Waals surface area contributed by atoms with Gasteiger partial charge in [-0.1, -0.05) is 30.3 Å². The molecule has 4 rings (SSSR count). The Morgan fingerprint density at radius 3 is 2.38 bits per heavy atom. The summed E-state index contributed by atoms with van der Waals surface area (Å²) in [5, 5.41) is 24.4. The lowest BCUT2D eigenvalue weighted by atomic mass is 9.70. The minimum Gasteiger partial charge on any atom is -0.507 e. The summed E-state index contributed by atoms with van der Waals surface area (Å²) in [5.41, 5.74) is -0.161. The SMILES string of the molecule is CC(=O)c1c(O)c(C)c(O)c2c1OC1=CC(=O)C(=C(C)NCc3ccccc3)C(=O)C12C. The van der Waals surface area contributed by atoms with E-state index in [0.717, 1.165) is 5.56 Å². The predicted molar refractivity (Wildman–Crippen MR) is 117 cm³/mol. The molecule has 32 heavy (non-hydrogen) atoms. The molecule has 0 saturated heterocycles. The molecule has 0 saturated carbocycles. The van der Waals surface area contributed by atoms with E-state index in [-0.39, 0.29) is 39.5 Å². The molecule has 2 aromatic carbocycles. The number of aromatic hydroxyl groups is 2. The molecule has 0 aromatic heterocycles. The van der Waals surface area contributed by atoms with Crippen LogP contribution < -0.4 is 10.1 Å². The fourth-order valence-corrected chi connectivity index (χ4v) is 4.28. The van der Waals surface area contributed by atoms with Crippen molar-refractivity contribution in [1.82, 2.24) is 5.32 Å². The van der Waals surface area contributed by atoms with Gasteiger partial charge in [0.05, 0.1) is 11.1 Å². The first-order chi connectivity index (χ1) is 15.1. The average molecular weight is 433 g/mol. The molecule has 0 bridgehead atoms. The number of hydrogen-bond donors (Lipinski definition) is 3. The van der Waals surface area contributed by atoms with Crippen LogP contribution in [0.25, 0.3) is 0 Å². The van der Waals surface area contributed by atoms with Gasteiger partial charge in [-0.05, 0) is 33.3 Å². The fourth-order valence-electron chi connectivity index (χ4n) is 4.28. The Morgan fingerprint density at radius 2 is 1.75 bits per heavy atom. The number of ether oxygens (including phenoxy) is 1. The van der Waals surface area contributed by atoms with Crippen molar-refractivity contribution >= 4 is 17.3 Å². The standard InChI is InChI=1S/C25H23NO6/c1-12-21(29)19(14(3)27)23-20(22(12)30)25(4)17(32-23)10-16(28)18(24(25)31)13(2)26-11-15-8-6-5-7-9-15/h5-10,26,29-30H,11H2,1-4H3. The largest absolute Gasteiger partial charge is 0.507 e. The number of rotatable bonds is 4. The summed E-state index contributed by atoms with van der Waals surface area (Å²) in [6.07, 6.45) is 1.21. The molecule has 3 N–H and O–H groups in total. The second-order valence-corrected chi connectivity index (χ2v) is 8.23. The van der Waals surface area contributed by atoms with E-state index in [9.17, 15) is 24.6 Å². The minimum atomic E-state index is -1.51. The van der Waals surface area contributed by atoms with Crippen molar-refractivity contribution < 1.29 is 29.3 Å². The first-order valence-corrected chi connectivity index (χ1v) is 10.2. The molecule has 1 atom stereocenters. The quantitative estimate of drug-likeness (QED) is 0.385. The summed E-state index contributed by atoms with van der Waals surface area (Å²) in [6, 6.07) is 9.53. The summed E-state index contributed by atoms with van der Waals surface area (Å²) in [6.45, 7) is 6.32. The highest BCUT2D eigenvalue weighted by Crippen LogP contribution is 2.57. The van der Waals surface area contributed by atoms with E-state index in [1.165, 1.54) is 19.9 Å². The van der Waals surface area contributed by atoms with Crippen molar-refractivity contribution in [2.45, 2.75) is 39.7 Å². The highest BCUT2D eigenvalue weighted by Gasteiger charge is 2.56. The Morgan fingerprint density at radius 1 is 1.09 bits per heavy atom. The van der Waals surface area contributed by atoms with E-state index in [0.29, 0.717) is 12.2 Å². The van der Waals surface area contributed by atoms with Crippen molar-refractivity contribution in [3.63, 3.8) is 0 Å². The summed E-state index contributed by atoms with van der Waals surface area (Å²) >= 11 is 0. The van der Waals surface area contributed by atoms with Gasteiger partial charge >= 0.3 is 0 Å². The molecule has 1 heterocycles. The summed E-state index contributed by atoms with van der Waals surface area (Å²) in [4.78, 5) is 38.8. The van der Waals surface area contributed by atoms with Crippen LogP contribution in [-0.2, 0) is 21.5 Å². The molecule has 1 aliphatic carbocycles. The number of allylic oxidation sites excluding steroid dienone is 4. The van der Waals surface area contributed by atoms with Crippen LogP contribution in [0.4, 0.5) is 0 Å². The number of nitrogens with one attached hydrogen (secondary N) is 1. The van der Waals surface area contributed by atoms with E-state index in [1.807, 2.05) is 30.3 Å². The molecule has 7 nitrogen and oxygen atoms in total. The molecular formula is C25H23NO6. The zero-order valence-corrected chi connectivity index (χ0v) is 18.2. The molecule has 0 radical (unpaired) electrons. The summed E-state index contributed by atoms with van der Waals surface area (Å²) in [5.74, 6) is -2.39. The molecular weight excluding hydrogens is 410 g/mol. The number of fused-ring (bicyclic) bond motifs is 3. The number of carbonyl (C=O) groups is 3. The van der Waals surface area contributed by atoms with Gasteiger partial charge in [0.2, 0.25) is 0 Å². The minimum absolute atomic E-state index is 0.0184. The zero-order chi connectivity index (χ0) is 23.4. The van der Waals surface area contributed by atoms with E-state index in [4.69, 9.17) is 4.74 Å². The van der Waals surface area contributed by atoms with Crippen molar-refractivity contribution in [1.29, 1.82) is 0 Å². The maximum absolute atomic E-state index is 13.7. The number of benzene rings is 2. The highest BCUT2D eigenvalue weighted by atomic mass is 16.5. The van der Waals surface area contributed by atoms with Crippen LogP contribution in [0.3, 0.4) is 0 Å². The zero-order valence-electron chi connectivity index (χ0n) is 18.2. The van der Waals surface area contributed by atoms with Gasteiger partial charge in [0.1, 0.15) is 34.0 Å². The van der Waals surface area contributed by atoms with Gasteiger partial charge in [-0.15, -0.1) is 0 Å². The smallest absolute Gasteiger partial charge is 0.194 e. The molecule has 164 valence electrons. The van der Waals surface area contributed by atoms with Gasteiger partial charge in [-0.2, -0.15) is 0 Å². The average Bonchev–Trinajstić information content (AvgIpc) is 3.04. The second kappa shape index (κ2) is 7.37. The Labute approximate surface area is 185 Å². The monoisotopic (exact) mass is 433 g/mol. The number of Topliss-reactive ketones (excluding diaryl/α,β-unsaturated/α-hetero) is 2. The van der Waals surface area contributed by atoms with Crippen molar-refractivity contribution in [2.24, 2.45) is 0 Å². The highest BCUT2D eigenvalue weighted by molar-refractivity contribution is 6.31. The summed E-state index contributed by atoms with van der Waals surface area (Å²) < 4.78 is 5.76. The second-order valence-electron chi connectivity index (χ2n) is 8.23. The molecule has 0 spiro atoms. The van der Waals surface area contributed by atoms with E-state index in [2.05, 4.69) is 5.32 Å². The molecule has 1 aliphatic heterocycles. The number of carbonyl (C=O) groups excluding carboxylic acids is 3. The Bertz CT molecular complexity index is 1260. The maximum atomic E-state index is 13.7. The van der Waals surface area contributed by atoms with Gasteiger partial charge in [0.25, 0.3) is 0 Å². The van der Waals surface area contributed by atoms with Gasteiger partial charge < -0.3 is 20.3 Å². The lowest BCUT2D eigenvalue weighted by molar-refractivity contribution is -0.123. The number of phenolic OH excluding ortho intramolecular Hbond substituents is 2. The van der Waals surface area contributed by atoms with Gasteiger partial charge in [0, 0.05) is 23.9 Å². The third-order valence-electron chi connectivity index (χ3n) is 6.16. The van der Waals surface area contributed by atoms with Crippen LogP contribution in [0, 0.1) is 6.92 Å². The van der Waals surface area contributed by atoms with Crippen LogP contribution >= 0.6 is 0 Å². The predicted octanol–water partition coefficient (Wildman–Crippen LogP) is 3.36. The van der Waals surface area contributed by atoms with E-state index in [1.54, 1.807) is 13.8 Å².